The van der Waals surface area contributed by atoms with E-state index in [9.17, 15) is 13.3 Å². The van der Waals surface area contributed by atoms with Crippen LogP contribution in [0.1, 0.15) is 25.0 Å². The molecule has 3 aromatic carbocycles. The molecule has 0 spiro atoms. The molecule has 4 nitrogen and oxygen atoms in total. The molecule has 0 N–H and O–H groups in total. The molecule has 1 heterocycles. The normalized spacial score (nSPS) is 12.7. The van der Waals surface area contributed by atoms with Gasteiger partial charge in [0.1, 0.15) is 11.6 Å². The van der Waals surface area contributed by atoms with E-state index in [0.717, 1.165) is 33.7 Å². The standard InChI is InChI=1S/C26H22F2NO3P/c1-3-31-33(30,32-4-2)18-10-12-24-21(15-18)25-19-8-6-5-7-16(19)13-22(25)26(29-24)20-11-9-17(27)14-23(20)28/h5-12,14-15H,3-4,13H2,1-2H3. The van der Waals surface area contributed by atoms with Crippen molar-refractivity contribution in [2.24, 2.45) is 0 Å². The third-order valence-electron chi connectivity index (χ3n) is 5.82. The van der Waals surface area contributed by atoms with Gasteiger partial charge in [0.15, 0.2) is 0 Å². The van der Waals surface area contributed by atoms with E-state index < -0.39 is 19.2 Å². The number of aromatic nitrogens is 1. The lowest BCUT2D eigenvalue weighted by atomic mass is 9.96. The maximum atomic E-state index is 14.8. The topological polar surface area (TPSA) is 48.4 Å². The van der Waals surface area contributed by atoms with Crippen molar-refractivity contribution < 1.29 is 22.4 Å². The largest absolute Gasteiger partial charge is 0.361 e. The van der Waals surface area contributed by atoms with E-state index in [1.807, 2.05) is 24.3 Å². The molecule has 0 fully saturated rings. The van der Waals surface area contributed by atoms with E-state index in [1.54, 1.807) is 32.0 Å². The van der Waals surface area contributed by atoms with Crippen molar-refractivity contribution >= 4 is 23.8 Å². The van der Waals surface area contributed by atoms with Crippen LogP contribution in [0, 0.1) is 11.6 Å². The van der Waals surface area contributed by atoms with Gasteiger partial charge < -0.3 is 9.05 Å². The van der Waals surface area contributed by atoms with Gasteiger partial charge in [0.05, 0.1) is 29.7 Å². The van der Waals surface area contributed by atoms with Crippen LogP contribution in [-0.4, -0.2) is 18.2 Å². The molecule has 168 valence electrons. The predicted molar refractivity (Wildman–Crippen MR) is 126 cm³/mol. The molecule has 1 aliphatic carbocycles. The van der Waals surface area contributed by atoms with Gasteiger partial charge in [-0.05, 0) is 66.4 Å². The zero-order valence-electron chi connectivity index (χ0n) is 18.3. The molecule has 33 heavy (non-hydrogen) atoms. The minimum Gasteiger partial charge on any atom is -0.305 e. The van der Waals surface area contributed by atoms with E-state index in [1.165, 1.54) is 12.1 Å². The van der Waals surface area contributed by atoms with Crippen molar-refractivity contribution in [1.29, 1.82) is 0 Å². The first-order valence-corrected chi connectivity index (χ1v) is 12.4. The number of halogens is 2. The Kier molecular flexibility index (Phi) is 5.61. The highest BCUT2D eigenvalue weighted by Gasteiger charge is 2.30. The Labute approximate surface area is 190 Å². The van der Waals surface area contributed by atoms with Crippen molar-refractivity contribution in [2.75, 3.05) is 13.2 Å². The molecule has 0 atom stereocenters. The molecule has 5 rings (SSSR count). The maximum Gasteiger partial charge on any atom is 0.361 e. The molecule has 0 bridgehead atoms. The summed E-state index contributed by atoms with van der Waals surface area (Å²) in [5.74, 6) is -1.29. The summed E-state index contributed by atoms with van der Waals surface area (Å²) in [6, 6.07) is 16.7. The fourth-order valence-corrected chi connectivity index (χ4v) is 6.08. The molecule has 0 radical (unpaired) electrons. The van der Waals surface area contributed by atoms with Crippen molar-refractivity contribution in [3.63, 3.8) is 0 Å². The fourth-order valence-electron chi connectivity index (χ4n) is 4.48. The Bertz CT molecular complexity index is 1430. The molecule has 1 aromatic heterocycles. The Morgan fingerprint density at radius 2 is 1.70 bits per heavy atom. The van der Waals surface area contributed by atoms with E-state index in [0.29, 0.717) is 22.9 Å². The number of pyridine rings is 1. The van der Waals surface area contributed by atoms with Gasteiger partial charge in [-0.1, -0.05) is 24.3 Å². The Morgan fingerprint density at radius 1 is 0.939 bits per heavy atom. The van der Waals surface area contributed by atoms with Gasteiger partial charge in [-0.3, -0.25) is 4.57 Å². The molecule has 4 aromatic rings. The molecule has 0 saturated carbocycles. The summed E-state index contributed by atoms with van der Waals surface area (Å²) in [4.78, 5) is 4.77. The average Bonchev–Trinajstić information content (AvgIpc) is 3.19. The summed E-state index contributed by atoms with van der Waals surface area (Å²) in [6.45, 7) is 4.03. The molecular weight excluding hydrogens is 443 g/mol. The molecule has 0 amide bonds. The van der Waals surface area contributed by atoms with Crippen molar-refractivity contribution in [3.05, 3.63) is 83.4 Å². The van der Waals surface area contributed by atoms with Crippen LogP contribution in [0.3, 0.4) is 0 Å². The van der Waals surface area contributed by atoms with E-state index in [2.05, 4.69) is 0 Å². The first-order valence-electron chi connectivity index (χ1n) is 10.8. The Hall–Kier alpha value is -2.92. The highest BCUT2D eigenvalue weighted by Crippen LogP contribution is 2.49. The quantitative estimate of drug-likeness (QED) is 0.264. The van der Waals surface area contributed by atoms with Crippen molar-refractivity contribution in [1.82, 2.24) is 4.98 Å². The Morgan fingerprint density at radius 3 is 2.42 bits per heavy atom. The minimum absolute atomic E-state index is 0.247. The van der Waals surface area contributed by atoms with E-state index >= 15 is 0 Å². The van der Waals surface area contributed by atoms with Crippen LogP contribution >= 0.6 is 7.60 Å². The zero-order chi connectivity index (χ0) is 23.2. The summed E-state index contributed by atoms with van der Waals surface area (Å²) in [5.41, 5.74) is 5.23. The van der Waals surface area contributed by atoms with Gasteiger partial charge >= 0.3 is 7.60 Å². The smallest absolute Gasteiger partial charge is 0.305 e. The number of hydrogen-bond acceptors (Lipinski definition) is 4. The average molecular weight is 465 g/mol. The lowest BCUT2D eigenvalue weighted by Crippen LogP contribution is -2.11. The van der Waals surface area contributed by atoms with Crippen LogP contribution < -0.4 is 5.30 Å². The number of rotatable bonds is 6. The first-order chi connectivity index (χ1) is 15.9. The van der Waals surface area contributed by atoms with Crippen LogP contribution in [-0.2, 0) is 20.0 Å². The first kappa shape index (κ1) is 21.9. The van der Waals surface area contributed by atoms with Crippen molar-refractivity contribution in [2.45, 2.75) is 20.3 Å². The van der Waals surface area contributed by atoms with Gasteiger partial charge in [-0.25, -0.2) is 13.8 Å². The van der Waals surface area contributed by atoms with Crippen LogP contribution in [0.5, 0.6) is 0 Å². The molecule has 0 unspecified atom stereocenters. The molecule has 0 saturated heterocycles. The third-order valence-corrected chi connectivity index (χ3v) is 7.93. The SMILES string of the molecule is CCOP(=O)(OCC)c1ccc2nc(-c3ccc(F)cc3F)c3c(c2c1)-c1ccccc1C3. The minimum atomic E-state index is -3.50. The summed E-state index contributed by atoms with van der Waals surface area (Å²) in [7, 11) is -3.50. The van der Waals surface area contributed by atoms with E-state index in [-0.39, 0.29) is 18.8 Å². The summed E-state index contributed by atoms with van der Waals surface area (Å²) in [5, 5.41) is 1.24. The third kappa shape index (κ3) is 3.68. The van der Waals surface area contributed by atoms with Gasteiger partial charge in [0, 0.05) is 23.4 Å². The van der Waals surface area contributed by atoms with Gasteiger partial charge in [-0.15, -0.1) is 0 Å². The highest BCUT2D eigenvalue weighted by atomic mass is 31.2. The van der Waals surface area contributed by atoms with Gasteiger partial charge in [-0.2, -0.15) is 0 Å². The van der Waals surface area contributed by atoms with Crippen LogP contribution in [0.2, 0.25) is 0 Å². The van der Waals surface area contributed by atoms with Crippen LogP contribution in [0.15, 0.2) is 60.7 Å². The highest BCUT2D eigenvalue weighted by molar-refractivity contribution is 7.62. The lowest BCUT2D eigenvalue weighted by Gasteiger charge is -2.19. The van der Waals surface area contributed by atoms with Crippen LogP contribution in [0.4, 0.5) is 8.78 Å². The fraction of sp³-hybridized carbons (Fsp3) is 0.192. The number of benzene rings is 3. The lowest BCUT2D eigenvalue weighted by molar-refractivity contribution is 0.230. The summed E-state index contributed by atoms with van der Waals surface area (Å²) < 4.78 is 52.9. The second-order valence-electron chi connectivity index (χ2n) is 7.81. The second kappa shape index (κ2) is 8.45. The Balaban J connectivity index is 1.81. The molecular formula is C26H22F2NO3P. The molecule has 7 heteroatoms. The molecule has 0 aliphatic heterocycles. The van der Waals surface area contributed by atoms with Gasteiger partial charge in [0.2, 0.25) is 0 Å². The molecule has 1 aliphatic rings. The number of nitrogens with zero attached hydrogens (tertiary/aromatic N) is 1. The monoisotopic (exact) mass is 465 g/mol. The summed E-state index contributed by atoms with van der Waals surface area (Å²) in [6.07, 6.45) is 0.569. The predicted octanol–water partition coefficient (Wildman–Crippen LogP) is 6.64. The van der Waals surface area contributed by atoms with Gasteiger partial charge in [0.25, 0.3) is 0 Å². The zero-order valence-corrected chi connectivity index (χ0v) is 19.2. The summed E-state index contributed by atoms with van der Waals surface area (Å²) >= 11 is 0. The number of hydrogen-bond donors (Lipinski definition) is 0. The van der Waals surface area contributed by atoms with E-state index in [4.69, 9.17) is 14.0 Å². The maximum absolute atomic E-state index is 14.8. The van der Waals surface area contributed by atoms with Crippen molar-refractivity contribution in [3.8, 4) is 22.4 Å². The second-order valence-corrected chi connectivity index (χ2v) is 9.83. The van der Waals surface area contributed by atoms with Crippen LogP contribution in [0.25, 0.3) is 33.3 Å². The number of fused-ring (bicyclic) bond motifs is 5.